The van der Waals surface area contributed by atoms with Crippen LogP contribution in [0.5, 0.6) is 0 Å². The van der Waals surface area contributed by atoms with Gasteiger partial charge in [-0.15, -0.1) is 0 Å². The van der Waals surface area contributed by atoms with Crippen molar-refractivity contribution in [1.29, 1.82) is 0 Å². The number of amides is 4. The molecule has 0 atom stereocenters. The summed E-state index contributed by atoms with van der Waals surface area (Å²) in [6.45, 7) is 3.87. The number of aryl methyl sites for hydroxylation is 2. The number of hydrogen-bond donors (Lipinski definition) is 1. The Bertz CT molecular complexity index is 1430. The van der Waals surface area contributed by atoms with Crippen molar-refractivity contribution in [2.24, 2.45) is 0 Å². The molecule has 0 spiro atoms. The van der Waals surface area contributed by atoms with Crippen molar-refractivity contribution in [3.8, 4) is 0 Å². The van der Waals surface area contributed by atoms with Crippen LogP contribution in [-0.4, -0.2) is 17.8 Å². The Labute approximate surface area is 185 Å². The molecule has 1 N–H and O–H groups in total. The van der Waals surface area contributed by atoms with Crippen LogP contribution >= 0.6 is 0 Å². The first-order valence-electron chi connectivity index (χ1n) is 10.3. The van der Waals surface area contributed by atoms with Gasteiger partial charge in [-0.3, -0.25) is 14.9 Å². The van der Waals surface area contributed by atoms with Crippen LogP contribution in [0.1, 0.15) is 16.7 Å². The second-order valence-electron chi connectivity index (χ2n) is 7.96. The Morgan fingerprint density at radius 1 is 0.750 bits per heavy atom. The number of rotatable bonds is 2. The van der Waals surface area contributed by atoms with Gasteiger partial charge in [0.1, 0.15) is 5.57 Å². The van der Waals surface area contributed by atoms with E-state index in [1.165, 1.54) is 0 Å². The molecule has 5 nitrogen and oxygen atoms in total. The molecule has 0 aromatic heterocycles. The smallest absolute Gasteiger partial charge is 0.273 e. The Kier molecular flexibility index (Phi) is 4.59. The normalized spacial score (nSPS) is 15.6. The van der Waals surface area contributed by atoms with Crippen LogP contribution in [0.3, 0.4) is 0 Å². The van der Waals surface area contributed by atoms with Gasteiger partial charge >= 0.3 is 6.03 Å². The predicted molar refractivity (Wildman–Crippen MR) is 126 cm³/mol. The highest BCUT2D eigenvalue weighted by atomic mass is 16.2. The summed E-state index contributed by atoms with van der Waals surface area (Å²) in [5, 5.41) is 6.17. The summed E-state index contributed by atoms with van der Waals surface area (Å²) < 4.78 is 0. The van der Waals surface area contributed by atoms with Gasteiger partial charge in [0, 0.05) is 0 Å². The number of nitrogens with zero attached hydrogens (tertiary/aromatic N) is 1. The number of fused-ring (bicyclic) bond motifs is 2. The molecule has 1 aliphatic heterocycles. The summed E-state index contributed by atoms with van der Waals surface area (Å²) in [4.78, 5) is 39.7. The largest absolute Gasteiger partial charge is 0.335 e. The Balaban J connectivity index is 1.71. The molecule has 1 fully saturated rings. The van der Waals surface area contributed by atoms with E-state index in [1.54, 1.807) is 18.2 Å². The second kappa shape index (κ2) is 7.46. The van der Waals surface area contributed by atoms with Gasteiger partial charge in [0.25, 0.3) is 11.8 Å². The average molecular weight is 420 g/mol. The number of carbonyl (C=O) groups is 3. The van der Waals surface area contributed by atoms with Crippen LogP contribution in [0.25, 0.3) is 27.6 Å². The number of benzene rings is 4. The molecule has 0 radical (unpaired) electrons. The van der Waals surface area contributed by atoms with Crippen LogP contribution in [0.4, 0.5) is 10.5 Å². The Morgan fingerprint density at radius 3 is 2.00 bits per heavy atom. The first-order chi connectivity index (χ1) is 15.4. The van der Waals surface area contributed by atoms with E-state index in [4.69, 9.17) is 0 Å². The minimum Gasteiger partial charge on any atom is -0.273 e. The fourth-order valence-corrected chi connectivity index (χ4v) is 4.11. The maximum atomic E-state index is 13.4. The molecule has 4 aromatic rings. The van der Waals surface area contributed by atoms with Crippen LogP contribution in [0, 0.1) is 13.8 Å². The second-order valence-corrected chi connectivity index (χ2v) is 7.96. The lowest BCUT2D eigenvalue weighted by atomic mass is 9.94. The first kappa shape index (κ1) is 19.7. The van der Waals surface area contributed by atoms with E-state index in [9.17, 15) is 14.4 Å². The van der Waals surface area contributed by atoms with Gasteiger partial charge < -0.3 is 0 Å². The molecule has 156 valence electrons. The summed E-state index contributed by atoms with van der Waals surface area (Å²) >= 11 is 0. The van der Waals surface area contributed by atoms with Crippen LogP contribution < -0.4 is 10.2 Å². The summed E-state index contributed by atoms with van der Waals surface area (Å²) in [6, 6.07) is 22.3. The lowest BCUT2D eigenvalue weighted by Crippen LogP contribution is -2.54. The molecule has 32 heavy (non-hydrogen) atoms. The van der Waals surface area contributed by atoms with E-state index in [-0.39, 0.29) is 5.57 Å². The SMILES string of the molecule is Cc1ccc(N2C(=O)NC(=O)/C(=C\c3c4ccccc4cc4ccccc34)C2=O)cc1C. The zero-order valence-electron chi connectivity index (χ0n) is 17.7. The van der Waals surface area contributed by atoms with E-state index < -0.39 is 17.8 Å². The van der Waals surface area contributed by atoms with Crippen molar-refractivity contribution >= 4 is 51.2 Å². The lowest BCUT2D eigenvalue weighted by Gasteiger charge is -2.27. The third-order valence-electron chi connectivity index (χ3n) is 5.95. The molecular weight excluding hydrogens is 400 g/mol. The fraction of sp³-hybridized carbons (Fsp3) is 0.0741. The van der Waals surface area contributed by atoms with Gasteiger partial charge in [-0.25, -0.2) is 9.69 Å². The van der Waals surface area contributed by atoms with E-state index in [1.807, 2.05) is 68.4 Å². The van der Waals surface area contributed by atoms with Gasteiger partial charge in [0.15, 0.2) is 0 Å². The summed E-state index contributed by atoms with van der Waals surface area (Å²) in [7, 11) is 0. The van der Waals surface area contributed by atoms with Crippen molar-refractivity contribution in [3.63, 3.8) is 0 Å². The minimum atomic E-state index is -0.747. The molecule has 4 amide bonds. The number of urea groups is 1. The van der Waals surface area contributed by atoms with Gasteiger partial charge in [0.05, 0.1) is 5.69 Å². The van der Waals surface area contributed by atoms with Crippen molar-refractivity contribution in [3.05, 3.63) is 95.1 Å². The summed E-state index contributed by atoms with van der Waals surface area (Å²) in [5.74, 6) is -1.34. The number of hydrogen-bond acceptors (Lipinski definition) is 3. The number of imide groups is 2. The summed E-state index contributed by atoms with van der Waals surface area (Å²) in [5.41, 5.74) is 3.12. The number of barbiturate groups is 1. The Hall–Kier alpha value is -4.25. The molecule has 1 heterocycles. The van der Waals surface area contributed by atoms with Gasteiger partial charge in [-0.1, -0.05) is 54.6 Å². The van der Waals surface area contributed by atoms with Crippen LogP contribution in [0.2, 0.25) is 0 Å². The Morgan fingerprint density at radius 2 is 1.38 bits per heavy atom. The lowest BCUT2D eigenvalue weighted by molar-refractivity contribution is -0.122. The highest BCUT2D eigenvalue weighted by molar-refractivity contribution is 6.39. The third-order valence-corrected chi connectivity index (χ3v) is 5.95. The monoisotopic (exact) mass is 420 g/mol. The zero-order valence-corrected chi connectivity index (χ0v) is 17.7. The van der Waals surface area contributed by atoms with Crippen LogP contribution in [0.15, 0.2) is 78.4 Å². The zero-order chi connectivity index (χ0) is 22.4. The highest BCUT2D eigenvalue weighted by Gasteiger charge is 2.37. The number of anilines is 1. The third kappa shape index (κ3) is 3.15. The molecule has 5 heteroatoms. The fourth-order valence-electron chi connectivity index (χ4n) is 4.11. The highest BCUT2D eigenvalue weighted by Crippen LogP contribution is 2.31. The van der Waals surface area contributed by atoms with Crippen molar-refractivity contribution in [2.45, 2.75) is 13.8 Å². The van der Waals surface area contributed by atoms with Crippen molar-refractivity contribution in [1.82, 2.24) is 5.32 Å². The molecule has 0 bridgehead atoms. The molecule has 0 unspecified atom stereocenters. The van der Waals surface area contributed by atoms with E-state index in [0.717, 1.165) is 43.1 Å². The number of nitrogens with one attached hydrogen (secondary N) is 1. The summed E-state index contributed by atoms with van der Waals surface area (Å²) in [6.07, 6.45) is 1.60. The maximum Gasteiger partial charge on any atom is 0.335 e. The van der Waals surface area contributed by atoms with Crippen molar-refractivity contribution < 1.29 is 14.4 Å². The first-order valence-corrected chi connectivity index (χ1v) is 10.3. The van der Waals surface area contributed by atoms with E-state index in [2.05, 4.69) is 11.4 Å². The van der Waals surface area contributed by atoms with Crippen LogP contribution in [-0.2, 0) is 9.59 Å². The minimum absolute atomic E-state index is 0.0793. The quantitative estimate of drug-likeness (QED) is 0.273. The predicted octanol–water partition coefficient (Wildman–Crippen LogP) is 5.28. The van der Waals surface area contributed by atoms with E-state index in [0.29, 0.717) is 5.69 Å². The molecule has 4 aromatic carbocycles. The molecule has 5 rings (SSSR count). The molecule has 0 aliphatic carbocycles. The van der Waals surface area contributed by atoms with Crippen molar-refractivity contribution in [2.75, 3.05) is 4.90 Å². The number of carbonyl (C=O) groups excluding carboxylic acids is 3. The maximum absolute atomic E-state index is 13.4. The van der Waals surface area contributed by atoms with Gasteiger partial charge in [0.2, 0.25) is 0 Å². The molecular formula is C27H20N2O3. The molecule has 1 aliphatic rings. The van der Waals surface area contributed by atoms with Gasteiger partial charge in [-0.05, 0) is 76.4 Å². The molecule has 1 saturated heterocycles. The average Bonchev–Trinajstić information content (AvgIpc) is 2.78. The standard InChI is InChI=1S/C27H20N2O3/c1-16-11-12-20(13-17(16)2)29-26(31)24(25(30)28-27(29)32)15-23-21-9-5-3-7-18(21)14-19-8-4-6-10-22(19)23/h3-15H,1-2H3,(H,28,30,32)/b24-15+. The van der Waals surface area contributed by atoms with Gasteiger partial charge in [-0.2, -0.15) is 0 Å². The molecule has 0 saturated carbocycles. The topological polar surface area (TPSA) is 66.5 Å². The van der Waals surface area contributed by atoms with E-state index >= 15 is 0 Å².